The SMILES string of the molecule is CC(C)Oc1cc2nc([C@]34CC[C@H](C3)OC4)cn2cc1C(=O)Nc1cccc(C(F)F)n1. The van der Waals surface area contributed by atoms with Crippen LogP contribution in [0.3, 0.4) is 0 Å². The quantitative estimate of drug-likeness (QED) is 0.607. The van der Waals surface area contributed by atoms with Crippen LogP contribution < -0.4 is 10.1 Å². The molecule has 1 aliphatic carbocycles. The van der Waals surface area contributed by atoms with Gasteiger partial charge < -0.3 is 19.2 Å². The molecule has 168 valence electrons. The average molecular weight is 442 g/mol. The summed E-state index contributed by atoms with van der Waals surface area (Å²) in [6.45, 7) is 4.39. The molecule has 32 heavy (non-hydrogen) atoms. The van der Waals surface area contributed by atoms with E-state index < -0.39 is 18.0 Å². The molecule has 0 radical (unpaired) electrons. The summed E-state index contributed by atoms with van der Waals surface area (Å²) in [5.74, 6) is -0.0784. The highest BCUT2D eigenvalue weighted by Gasteiger charge is 2.48. The van der Waals surface area contributed by atoms with Crippen LogP contribution in [0.4, 0.5) is 14.6 Å². The van der Waals surface area contributed by atoms with E-state index in [1.54, 1.807) is 16.7 Å². The Balaban J connectivity index is 1.50. The molecule has 1 amide bonds. The molecule has 1 N–H and O–H groups in total. The molecule has 0 unspecified atom stereocenters. The molecule has 3 aromatic rings. The van der Waals surface area contributed by atoms with Crippen molar-refractivity contribution < 1.29 is 23.0 Å². The lowest BCUT2D eigenvalue weighted by Crippen LogP contribution is -2.25. The van der Waals surface area contributed by atoms with Crippen LogP contribution in [0.1, 0.15) is 61.3 Å². The molecule has 2 atom stereocenters. The number of nitrogens with zero attached hydrogens (tertiary/aromatic N) is 3. The zero-order valence-corrected chi connectivity index (χ0v) is 17.8. The summed E-state index contributed by atoms with van der Waals surface area (Å²) in [4.78, 5) is 21.7. The Bertz CT molecular complexity index is 1170. The first-order chi connectivity index (χ1) is 15.3. The molecule has 5 rings (SSSR count). The Kier molecular flexibility index (Phi) is 5.08. The highest BCUT2D eigenvalue weighted by Crippen LogP contribution is 2.47. The van der Waals surface area contributed by atoms with Crippen molar-refractivity contribution in [2.24, 2.45) is 0 Å². The Labute approximate surface area is 183 Å². The number of anilines is 1. The third-order valence-corrected chi connectivity index (χ3v) is 6.10. The lowest BCUT2D eigenvalue weighted by atomic mass is 9.85. The van der Waals surface area contributed by atoms with Gasteiger partial charge in [0.05, 0.1) is 30.1 Å². The fourth-order valence-corrected chi connectivity index (χ4v) is 4.55. The first-order valence-corrected chi connectivity index (χ1v) is 10.7. The summed E-state index contributed by atoms with van der Waals surface area (Å²) in [6, 6.07) is 5.85. The number of ether oxygens (including phenoxy) is 2. The number of nitrogens with one attached hydrogen (secondary N) is 1. The number of amides is 1. The zero-order valence-electron chi connectivity index (χ0n) is 17.8. The van der Waals surface area contributed by atoms with Crippen molar-refractivity contribution in [3.8, 4) is 5.75 Å². The predicted octanol–water partition coefficient (Wildman–Crippen LogP) is 4.53. The number of carbonyl (C=O) groups is 1. The summed E-state index contributed by atoms with van der Waals surface area (Å²) in [6.07, 6.45) is 4.05. The Morgan fingerprint density at radius 1 is 1.31 bits per heavy atom. The Hall–Kier alpha value is -3.07. The van der Waals surface area contributed by atoms with Gasteiger partial charge in [-0.1, -0.05) is 6.07 Å². The van der Waals surface area contributed by atoms with Crippen molar-refractivity contribution in [2.75, 3.05) is 11.9 Å². The van der Waals surface area contributed by atoms with Crippen LogP contribution in [0.5, 0.6) is 5.75 Å². The molecule has 7 nitrogen and oxygen atoms in total. The van der Waals surface area contributed by atoms with Gasteiger partial charge in [-0.05, 0) is 45.2 Å². The van der Waals surface area contributed by atoms with Crippen molar-refractivity contribution >= 4 is 17.4 Å². The van der Waals surface area contributed by atoms with Gasteiger partial charge in [0, 0.05) is 23.9 Å². The normalized spacial score (nSPS) is 22.2. The first kappa shape index (κ1) is 20.8. The van der Waals surface area contributed by atoms with Crippen LogP contribution >= 0.6 is 0 Å². The van der Waals surface area contributed by atoms with E-state index in [9.17, 15) is 13.6 Å². The number of rotatable bonds is 6. The van der Waals surface area contributed by atoms with Gasteiger partial charge in [-0.2, -0.15) is 0 Å². The second-order valence-corrected chi connectivity index (χ2v) is 8.77. The van der Waals surface area contributed by atoms with Gasteiger partial charge in [-0.15, -0.1) is 0 Å². The molecule has 3 aromatic heterocycles. The molecule has 1 saturated heterocycles. The molecule has 0 spiro atoms. The largest absolute Gasteiger partial charge is 0.490 e. The number of hydrogen-bond donors (Lipinski definition) is 1. The van der Waals surface area contributed by atoms with Crippen molar-refractivity contribution in [3.05, 3.63) is 53.6 Å². The average Bonchev–Trinajstić information content (AvgIpc) is 3.47. The van der Waals surface area contributed by atoms with Gasteiger partial charge in [-0.3, -0.25) is 4.79 Å². The second kappa shape index (κ2) is 7.81. The van der Waals surface area contributed by atoms with E-state index in [2.05, 4.69) is 10.3 Å². The third-order valence-electron chi connectivity index (χ3n) is 6.10. The maximum Gasteiger partial charge on any atom is 0.280 e. The number of imidazole rings is 1. The lowest BCUT2D eigenvalue weighted by Gasteiger charge is -2.22. The number of hydrogen-bond acceptors (Lipinski definition) is 5. The van der Waals surface area contributed by atoms with Crippen molar-refractivity contribution in [1.82, 2.24) is 14.4 Å². The Morgan fingerprint density at radius 3 is 2.81 bits per heavy atom. The van der Waals surface area contributed by atoms with E-state index >= 15 is 0 Å². The zero-order chi connectivity index (χ0) is 22.5. The molecule has 2 aliphatic rings. The molecule has 9 heteroatoms. The highest BCUT2D eigenvalue weighted by atomic mass is 19.3. The van der Waals surface area contributed by atoms with Crippen molar-refractivity contribution in [2.45, 2.75) is 57.2 Å². The standard InChI is InChI=1S/C23H24F2N4O3/c1-13(2)32-17-8-20-27-18(23-7-6-14(9-23)31-12-23)11-29(20)10-15(17)22(30)28-19-5-3-4-16(26-19)21(24)25/h3-5,8,10-11,13-14,21H,6-7,9,12H2,1-2H3,(H,26,28,30)/t14-,23-/m1/s1. The van der Waals surface area contributed by atoms with Crippen LogP contribution in [0, 0.1) is 0 Å². The number of alkyl halides is 2. The third kappa shape index (κ3) is 3.70. The summed E-state index contributed by atoms with van der Waals surface area (Å²) in [5.41, 5.74) is 1.43. The molecule has 0 aromatic carbocycles. The minimum absolute atomic E-state index is 0.0497. The summed E-state index contributed by atoms with van der Waals surface area (Å²) in [5, 5.41) is 2.60. The van der Waals surface area contributed by atoms with E-state index in [0.717, 1.165) is 25.0 Å². The van der Waals surface area contributed by atoms with E-state index in [1.807, 2.05) is 20.0 Å². The predicted molar refractivity (Wildman–Crippen MR) is 113 cm³/mol. The van der Waals surface area contributed by atoms with Crippen molar-refractivity contribution in [1.29, 1.82) is 0 Å². The van der Waals surface area contributed by atoms with E-state index in [4.69, 9.17) is 14.5 Å². The Morgan fingerprint density at radius 2 is 2.16 bits per heavy atom. The van der Waals surface area contributed by atoms with E-state index in [-0.39, 0.29) is 22.9 Å². The van der Waals surface area contributed by atoms with Crippen LogP contribution in [0.15, 0.2) is 36.7 Å². The van der Waals surface area contributed by atoms with Gasteiger partial charge in [0.25, 0.3) is 12.3 Å². The van der Waals surface area contributed by atoms with Gasteiger partial charge in [0.15, 0.2) is 0 Å². The van der Waals surface area contributed by atoms with Crippen LogP contribution in [0.2, 0.25) is 0 Å². The van der Waals surface area contributed by atoms with Crippen LogP contribution in [-0.2, 0) is 10.2 Å². The molecule has 4 heterocycles. The minimum atomic E-state index is -2.72. The number of pyridine rings is 2. The second-order valence-electron chi connectivity index (χ2n) is 8.77. The molecule has 2 bridgehead atoms. The molecule has 1 aliphatic heterocycles. The van der Waals surface area contributed by atoms with Gasteiger partial charge in [0.1, 0.15) is 22.9 Å². The van der Waals surface area contributed by atoms with E-state index in [0.29, 0.717) is 24.1 Å². The molecule has 2 fully saturated rings. The number of carbonyl (C=O) groups excluding carboxylic acids is 1. The van der Waals surface area contributed by atoms with Gasteiger partial charge >= 0.3 is 0 Å². The maximum atomic E-state index is 13.1. The summed E-state index contributed by atoms with van der Waals surface area (Å²) in [7, 11) is 0. The summed E-state index contributed by atoms with van der Waals surface area (Å²) >= 11 is 0. The topological polar surface area (TPSA) is 77.8 Å². The lowest BCUT2D eigenvalue weighted by molar-refractivity contribution is 0.0692. The molecular weight excluding hydrogens is 418 g/mol. The molecule has 1 saturated carbocycles. The fraction of sp³-hybridized carbons (Fsp3) is 0.435. The van der Waals surface area contributed by atoms with Crippen LogP contribution in [-0.4, -0.2) is 39.1 Å². The maximum absolute atomic E-state index is 13.1. The summed E-state index contributed by atoms with van der Waals surface area (Å²) < 4.78 is 39.5. The number of fused-ring (bicyclic) bond motifs is 3. The van der Waals surface area contributed by atoms with Crippen LogP contribution in [0.25, 0.3) is 5.65 Å². The molecular formula is C23H24F2N4O3. The fourth-order valence-electron chi connectivity index (χ4n) is 4.55. The first-order valence-electron chi connectivity index (χ1n) is 10.7. The van der Waals surface area contributed by atoms with Gasteiger partial charge in [-0.25, -0.2) is 18.7 Å². The van der Waals surface area contributed by atoms with Gasteiger partial charge in [0.2, 0.25) is 0 Å². The van der Waals surface area contributed by atoms with Crippen molar-refractivity contribution in [3.63, 3.8) is 0 Å². The minimum Gasteiger partial charge on any atom is -0.490 e. The smallest absolute Gasteiger partial charge is 0.280 e. The number of halogens is 2. The number of aromatic nitrogens is 3. The monoisotopic (exact) mass is 442 g/mol. The van der Waals surface area contributed by atoms with E-state index in [1.165, 1.54) is 18.2 Å². The highest BCUT2D eigenvalue weighted by molar-refractivity contribution is 6.05.